The van der Waals surface area contributed by atoms with Crippen molar-refractivity contribution in [2.24, 2.45) is 0 Å². The minimum atomic E-state index is -0.269. The zero-order valence-electron chi connectivity index (χ0n) is 11.7. The Morgan fingerprint density at radius 3 is 2.75 bits per heavy atom. The van der Waals surface area contributed by atoms with Gasteiger partial charge in [0.25, 0.3) is 0 Å². The molecule has 0 aliphatic rings. The molecule has 1 aromatic carbocycles. The van der Waals surface area contributed by atoms with E-state index in [9.17, 15) is 4.39 Å². The summed E-state index contributed by atoms with van der Waals surface area (Å²) >= 11 is 6.14. The van der Waals surface area contributed by atoms with Gasteiger partial charge in [0, 0.05) is 5.02 Å². The van der Waals surface area contributed by atoms with E-state index in [4.69, 9.17) is 16.0 Å². The first-order valence-electron chi connectivity index (χ1n) is 6.83. The van der Waals surface area contributed by atoms with Gasteiger partial charge in [-0.25, -0.2) is 4.39 Å². The monoisotopic (exact) mass is 295 g/mol. The predicted octanol–water partition coefficient (Wildman–Crippen LogP) is 4.66. The first-order valence-corrected chi connectivity index (χ1v) is 7.21. The number of hydrogen-bond acceptors (Lipinski definition) is 2. The van der Waals surface area contributed by atoms with Gasteiger partial charge in [0.1, 0.15) is 17.3 Å². The molecule has 108 valence electrons. The van der Waals surface area contributed by atoms with Crippen LogP contribution < -0.4 is 5.32 Å². The molecule has 0 saturated heterocycles. The summed E-state index contributed by atoms with van der Waals surface area (Å²) in [6.07, 6.45) is 1.62. The number of nitrogens with one attached hydrogen (secondary N) is 1. The largest absolute Gasteiger partial charge is 0.465 e. The second-order valence-electron chi connectivity index (χ2n) is 4.89. The molecule has 0 aliphatic heterocycles. The molecule has 1 atom stereocenters. The van der Waals surface area contributed by atoms with E-state index in [0.29, 0.717) is 11.4 Å². The maximum absolute atomic E-state index is 13.4. The SMILES string of the molecule is CCCNC(Cc1cc(F)ccc1Cl)c1ccc(C)o1. The molecule has 0 spiro atoms. The molecule has 2 rings (SSSR count). The fourth-order valence-electron chi connectivity index (χ4n) is 2.15. The van der Waals surface area contributed by atoms with Crippen molar-refractivity contribution in [2.75, 3.05) is 6.54 Å². The zero-order valence-corrected chi connectivity index (χ0v) is 12.5. The summed E-state index contributed by atoms with van der Waals surface area (Å²) in [5.74, 6) is 1.46. The Kier molecular flexibility index (Phi) is 5.21. The number of rotatable bonds is 6. The van der Waals surface area contributed by atoms with Gasteiger partial charge in [0.15, 0.2) is 0 Å². The lowest BCUT2D eigenvalue weighted by atomic mass is 10.0. The van der Waals surface area contributed by atoms with Gasteiger partial charge in [-0.2, -0.15) is 0 Å². The van der Waals surface area contributed by atoms with Crippen molar-refractivity contribution >= 4 is 11.6 Å². The topological polar surface area (TPSA) is 25.2 Å². The third kappa shape index (κ3) is 3.84. The first-order chi connectivity index (χ1) is 9.60. The summed E-state index contributed by atoms with van der Waals surface area (Å²) in [5.41, 5.74) is 0.786. The lowest BCUT2D eigenvalue weighted by molar-refractivity contribution is 0.398. The van der Waals surface area contributed by atoms with Gasteiger partial charge >= 0.3 is 0 Å². The molecule has 1 aromatic heterocycles. The van der Waals surface area contributed by atoms with Crippen LogP contribution in [0.4, 0.5) is 4.39 Å². The Balaban J connectivity index is 2.21. The highest BCUT2D eigenvalue weighted by atomic mass is 35.5. The van der Waals surface area contributed by atoms with Gasteiger partial charge < -0.3 is 9.73 Å². The second-order valence-corrected chi connectivity index (χ2v) is 5.30. The molecule has 1 unspecified atom stereocenters. The van der Waals surface area contributed by atoms with E-state index < -0.39 is 0 Å². The summed E-state index contributed by atoms with van der Waals surface area (Å²) < 4.78 is 19.0. The molecular formula is C16H19ClFNO. The number of furan rings is 1. The number of halogens is 2. The molecular weight excluding hydrogens is 277 g/mol. The van der Waals surface area contributed by atoms with Gasteiger partial charge in [0.2, 0.25) is 0 Å². The second kappa shape index (κ2) is 6.91. The molecule has 20 heavy (non-hydrogen) atoms. The molecule has 2 aromatic rings. The molecule has 0 amide bonds. The molecule has 0 bridgehead atoms. The molecule has 0 radical (unpaired) electrons. The van der Waals surface area contributed by atoms with Crippen molar-refractivity contribution in [3.05, 3.63) is 58.3 Å². The third-order valence-corrected chi connectivity index (χ3v) is 3.55. The van der Waals surface area contributed by atoms with Crippen molar-refractivity contribution in [3.63, 3.8) is 0 Å². The average Bonchev–Trinajstić information content (AvgIpc) is 2.85. The summed E-state index contributed by atoms with van der Waals surface area (Å²) in [6.45, 7) is 4.89. The summed E-state index contributed by atoms with van der Waals surface area (Å²) in [4.78, 5) is 0. The molecule has 2 nitrogen and oxygen atoms in total. The Labute approximate surface area is 123 Å². The van der Waals surface area contributed by atoms with Gasteiger partial charge in [-0.3, -0.25) is 0 Å². The van der Waals surface area contributed by atoms with Crippen molar-refractivity contribution in [1.82, 2.24) is 5.32 Å². The highest BCUT2D eigenvalue weighted by Crippen LogP contribution is 2.25. The van der Waals surface area contributed by atoms with Crippen LogP contribution in [0, 0.1) is 12.7 Å². The summed E-state index contributed by atoms with van der Waals surface area (Å²) in [6, 6.07) is 8.34. The van der Waals surface area contributed by atoms with Crippen LogP contribution in [0.5, 0.6) is 0 Å². The average molecular weight is 296 g/mol. The quantitative estimate of drug-likeness (QED) is 0.838. The van der Waals surface area contributed by atoms with Crippen molar-refractivity contribution in [3.8, 4) is 0 Å². The third-order valence-electron chi connectivity index (χ3n) is 3.18. The molecule has 0 aliphatic carbocycles. The van der Waals surface area contributed by atoms with Gasteiger partial charge in [-0.15, -0.1) is 0 Å². The molecule has 1 N–H and O–H groups in total. The van der Waals surface area contributed by atoms with Crippen LogP contribution in [0.3, 0.4) is 0 Å². The predicted molar refractivity (Wildman–Crippen MR) is 79.6 cm³/mol. The van der Waals surface area contributed by atoms with Gasteiger partial charge in [-0.05, 0) is 62.2 Å². The van der Waals surface area contributed by atoms with Crippen LogP contribution in [0.25, 0.3) is 0 Å². The summed E-state index contributed by atoms with van der Waals surface area (Å²) in [5, 5.41) is 4.00. The van der Waals surface area contributed by atoms with Crippen LogP contribution in [0.1, 0.15) is 36.5 Å². The lowest BCUT2D eigenvalue weighted by Crippen LogP contribution is -2.23. The molecule has 4 heteroatoms. The minimum absolute atomic E-state index is 0.00273. The van der Waals surface area contributed by atoms with Crippen LogP contribution in [-0.4, -0.2) is 6.54 Å². The van der Waals surface area contributed by atoms with E-state index in [0.717, 1.165) is 30.0 Å². The van der Waals surface area contributed by atoms with Crippen molar-refractivity contribution < 1.29 is 8.81 Å². The lowest BCUT2D eigenvalue weighted by Gasteiger charge is -2.17. The van der Waals surface area contributed by atoms with E-state index in [-0.39, 0.29) is 11.9 Å². The Morgan fingerprint density at radius 2 is 2.10 bits per heavy atom. The Hall–Kier alpha value is -1.32. The normalized spacial score (nSPS) is 12.6. The van der Waals surface area contributed by atoms with E-state index >= 15 is 0 Å². The number of benzene rings is 1. The summed E-state index contributed by atoms with van der Waals surface area (Å²) in [7, 11) is 0. The van der Waals surface area contributed by atoms with Crippen LogP contribution in [0.2, 0.25) is 5.02 Å². The number of aryl methyl sites for hydroxylation is 1. The van der Waals surface area contributed by atoms with E-state index in [2.05, 4.69) is 12.2 Å². The van der Waals surface area contributed by atoms with Crippen LogP contribution in [-0.2, 0) is 6.42 Å². The Morgan fingerprint density at radius 1 is 1.30 bits per heavy atom. The number of hydrogen-bond donors (Lipinski definition) is 1. The minimum Gasteiger partial charge on any atom is -0.465 e. The van der Waals surface area contributed by atoms with Gasteiger partial charge in [0.05, 0.1) is 6.04 Å². The maximum Gasteiger partial charge on any atom is 0.123 e. The highest BCUT2D eigenvalue weighted by Gasteiger charge is 2.17. The van der Waals surface area contributed by atoms with Crippen molar-refractivity contribution in [1.29, 1.82) is 0 Å². The Bertz CT molecular complexity index is 567. The zero-order chi connectivity index (χ0) is 14.5. The van der Waals surface area contributed by atoms with Crippen molar-refractivity contribution in [2.45, 2.75) is 32.7 Å². The van der Waals surface area contributed by atoms with E-state index in [1.807, 2.05) is 19.1 Å². The standard InChI is InChI=1S/C16H19ClFNO/c1-3-8-19-15(16-7-4-11(2)20-16)10-12-9-13(18)5-6-14(12)17/h4-7,9,15,19H,3,8,10H2,1-2H3. The van der Waals surface area contributed by atoms with Crippen LogP contribution in [0.15, 0.2) is 34.7 Å². The molecule has 0 fully saturated rings. The first kappa shape index (κ1) is 15.1. The van der Waals surface area contributed by atoms with Crippen LogP contribution >= 0.6 is 11.6 Å². The molecule has 1 heterocycles. The highest BCUT2D eigenvalue weighted by molar-refractivity contribution is 6.31. The fraction of sp³-hybridized carbons (Fsp3) is 0.375. The smallest absolute Gasteiger partial charge is 0.123 e. The van der Waals surface area contributed by atoms with E-state index in [1.54, 1.807) is 6.07 Å². The van der Waals surface area contributed by atoms with Gasteiger partial charge in [-0.1, -0.05) is 18.5 Å². The fourth-order valence-corrected chi connectivity index (χ4v) is 2.35. The maximum atomic E-state index is 13.4. The van der Waals surface area contributed by atoms with E-state index in [1.165, 1.54) is 12.1 Å². The molecule has 0 saturated carbocycles.